The molecule has 3 fully saturated rings. The molecular weight excluding hydrogens is 219 g/mol. The topological polar surface area (TPSA) is 17.1 Å². The van der Waals surface area contributed by atoms with Gasteiger partial charge in [-0.15, -0.1) is 0 Å². The highest BCUT2D eigenvalue weighted by Gasteiger charge is 2.84. The van der Waals surface area contributed by atoms with E-state index in [1.54, 1.807) is 6.92 Å². The highest BCUT2D eigenvalue weighted by atomic mass is 16.1. The molecule has 2 radical (unpaired) electrons. The highest BCUT2D eigenvalue weighted by molar-refractivity contribution is 6.32. The van der Waals surface area contributed by atoms with E-state index >= 15 is 0 Å². The normalized spacial score (nSPS) is 43.8. The van der Waals surface area contributed by atoms with Crippen molar-refractivity contribution in [2.75, 3.05) is 0 Å². The SMILES string of the molecule is [B]c1ccc(C23CCC4(C(C)=O)CCC42C3)cc1. The zero-order chi connectivity index (χ0) is 12.6. The number of hydrogen-bond acceptors (Lipinski definition) is 1. The van der Waals surface area contributed by atoms with E-state index in [1.165, 1.54) is 24.8 Å². The fourth-order valence-electron chi connectivity index (χ4n) is 5.29. The zero-order valence-corrected chi connectivity index (χ0v) is 10.8. The van der Waals surface area contributed by atoms with Gasteiger partial charge in [-0.1, -0.05) is 29.7 Å². The van der Waals surface area contributed by atoms with Gasteiger partial charge in [0.15, 0.2) is 0 Å². The molecule has 0 N–H and O–H groups in total. The summed E-state index contributed by atoms with van der Waals surface area (Å²) in [6.07, 6.45) is 5.89. The first-order valence-electron chi connectivity index (χ1n) is 6.94. The summed E-state index contributed by atoms with van der Waals surface area (Å²) in [6.45, 7) is 1.80. The maximum atomic E-state index is 12.1. The van der Waals surface area contributed by atoms with E-state index in [0.717, 1.165) is 18.3 Å². The van der Waals surface area contributed by atoms with Crippen LogP contribution in [0.5, 0.6) is 0 Å². The van der Waals surface area contributed by atoms with E-state index in [2.05, 4.69) is 12.1 Å². The van der Waals surface area contributed by atoms with E-state index in [9.17, 15) is 4.79 Å². The molecule has 1 aromatic rings. The molecule has 0 aliphatic heterocycles. The summed E-state index contributed by atoms with van der Waals surface area (Å²) in [7, 11) is 5.78. The van der Waals surface area contributed by atoms with Gasteiger partial charge >= 0.3 is 0 Å². The van der Waals surface area contributed by atoms with Crippen molar-refractivity contribution in [1.82, 2.24) is 0 Å². The van der Waals surface area contributed by atoms with Crippen molar-refractivity contribution in [2.45, 2.75) is 44.4 Å². The van der Waals surface area contributed by atoms with Crippen molar-refractivity contribution in [3.8, 4) is 0 Å². The van der Waals surface area contributed by atoms with Crippen LogP contribution in [0, 0.1) is 10.8 Å². The van der Waals surface area contributed by atoms with Gasteiger partial charge in [0, 0.05) is 10.8 Å². The fourth-order valence-corrected chi connectivity index (χ4v) is 5.29. The van der Waals surface area contributed by atoms with E-state index < -0.39 is 0 Å². The molecule has 3 unspecified atom stereocenters. The van der Waals surface area contributed by atoms with Gasteiger partial charge in [-0.05, 0) is 50.0 Å². The Balaban J connectivity index is 1.78. The Hall–Kier alpha value is -1.05. The Kier molecular flexibility index (Phi) is 1.76. The standard InChI is InChI=1S/C16H17BO/c1-11(18)14-6-7-15(10-16(14,15)9-8-14)12-2-4-13(17)5-3-12/h2-5H,6-10H2,1H3. The van der Waals surface area contributed by atoms with Crippen LogP contribution in [0.15, 0.2) is 24.3 Å². The molecule has 3 saturated carbocycles. The number of Topliss-reactive ketones (excluding diaryl/α,β-unsaturated/α-hetero) is 1. The number of rotatable bonds is 2. The Labute approximate surface area is 109 Å². The molecule has 1 spiro atoms. The third-order valence-corrected chi connectivity index (χ3v) is 6.40. The van der Waals surface area contributed by atoms with Gasteiger partial charge in [0.05, 0.1) is 0 Å². The molecular formula is C16H17BO. The van der Waals surface area contributed by atoms with Gasteiger partial charge in [0.1, 0.15) is 13.6 Å². The summed E-state index contributed by atoms with van der Waals surface area (Å²) in [6, 6.07) is 8.36. The molecule has 90 valence electrons. The fraction of sp³-hybridized carbons (Fsp3) is 0.562. The van der Waals surface area contributed by atoms with Crippen LogP contribution in [0.25, 0.3) is 0 Å². The molecule has 1 aromatic carbocycles. The third-order valence-electron chi connectivity index (χ3n) is 6.40. The van der Waals surface area contributed by atoms with Crippen molar-refractivity contribution >= 4 is 19.1 Å². The summed E-state index contributed by atoms with van der Waals surface area (Å²) in [4.78, 5) is 12.1. The number of hydrogen-bond donors (Lipinski definition) is 0. The quantitative estimate of drug-likeness (QED) is 0.720. The van der Waals surface area contributed by atoms with Crippen LogP contribution in [0.1, 0.15) is 44.6 Å². The molecule has 0 amide bonds. The molecule has 3 atom stereocenters. The summed E-state index contributed by atoms with van der Waals surface area (Å²) in [5, 5.41) is 0. The van der Waals surface area contributed by atoms with Crippen LogP contribution in [0.2, 0.25) is 0 Å². The van der Waals surface area contributed by atoms with Crippen LogP contribution >= 0.6 is 0 Å². The molecule has 18 heavy (non-hydrogen) atoms. The lowest BCUT2D eigenvalue weighted by Gasteiger charge is -2.47. The summed E-state index contributed by atoms with van der Waals surface area (Å²) in [5.41, 5.74) is 2.91. The monoisotopic (exact) mass is 236 g/mol. The molecule has 0 heterocycles. The van der Waals surface area contributed by atoms with Crippen molar-refractivity contribution in [1.29, 1.82) is 0 Å². The Morgan fingerprint density at radius 1 is 1.11 bits per heavy atom. The second-order valence-electron chi connectivity index (χ2n) is 6.60. The highest BCUT2D eigenvalue weighted by Crippen LogP contribution is 2.88. The van der Waals surface area contributed by atoms with E-state index in [-0.39, 0.29) is 5.41 Å². The molecule has 0 bridgehead atoms. The minimum atomic E-state index is 0.0361. The number of carbonyl (C=O) groups excluding carboxylic acids is 1. The first kappa shape index (κ1) is 10.8. The number of carbonyl (C=O) groups is 1. The molecule has 2 heteroatoms. The molecule has 0 aromatic heterocycles. The van der Waals surface area contributed by atoms with E-state index in [4.69, 9.17) is 7.85 Å². The Morgan fingerprint density at radius 2 is 1.78 bits per heavy atom. The van der Waals surface area contributed by atoms with Gasteiger partial charge in [0.2, 0.25) is 0 Å². The first-order valence-corrected chi connectivity index (χ1v) is 6.94. The average Bonchev–Trinajstić information content (AvgIpc) is 2.97. The molecule has 1 nitrogen and oxygen atoms in total. The van der Waals surface area contributed by atoms with Crippen LogP contribution < -0.4 is 5.46 Å². The van der Waals surface area contributed by atoms with Crippen molar-refractivity contribution < 1.29 is 4.79 Å². The van der Waals surface area contributed by atoms with Crippen LogP contribution in [-0.2, 0) is 10.2 Å². The average molecular weight is 236 g/mol. The molecule has 4 rings (SSSR count). The lowest BCUT2D eigenvalue weighted by Crippen LogP contribution is -2.46. The molecule has 3 aliphatic rings. The zero-order valence-electron chi connectivity index (χ0n) is 10.8. The van der Waals surface area contributed by atoms with Crippen molar-refractivity contribution in [3.63, 3.8) is 0 Å². The lowest BCUT2D eigenvalue weighted by molar-refractivity contribution is -0.138. The van der Waals surface area contributed by atoms with Crippen molar-refractivity contribution in [3.05, 3.63) is 29.8 Å². The maximum Gasteiger partial charge on any atom is 0.136 e. The Bertz CT molecular complexity index is 545. The summed E-state index contributed by atoms with van der Waals surface area (Å²) < 4.78 is 0. The summed E-state index contributed by atoms with van der Waals surface area (Å²) >= 11 is 0. The molecule has 0 saturated heterocycles. The predicted molar refractivity (Wildman–Crippen MR) is 72.1 cm³/mol. The van der Waals surface area contributed by atoms with Crippen LogP contribution in [-0.4, -0.2) is 13.6 Å². The number of benzene rings is 1. The van der Waals surface area contributed by atoms with Crippen LogP contribution in [0.4, 0.5) is 0 Å². The maximum absolute atomic E-state index is 12.1. The minimum absolute atomic E-state index is 0.0361. The minimum Gasteiger partial charge on any atom is -0.299 e. The summed E-state index contributed by atoms with van der Waals surface area (Å²) in [5.74, 6) is 0.434. The Morgan fingerprint density at radius 3 is 2.28 bits per heavy atom. The van der Waals surface area contributed by atoms with Gasteiger partial charge in [-0.25, -0.2) is 0 Å². The third kappa shape index (κ3) is 0.898. The number of ketones is 1. The molecule has 3 aliphatic carbocycles. The van der Waals surface area contributed by atoms with E-state index in [0.29, 0.717) is 16.6 Å². The van der Waals surface area contributed by atoms with Gasteiger partial charge in [-0.3, -0.25) is 4.79 Å². The van der Waals surface area contributed by atoms with Gasteiger partial charge < -0.3 is 0 Å². The smallest absolute Gasteiger partial charge is 0.136 e. The largest absolute Gasteiger partial charge is 0.299 e. The van der Waals surface area contributed by atoms with E-state index in [1.807, 2.05) is 12.1 Å². The predicted octanol–water partition coefficient (Wildman–Crippen LogP) is 2.27. The van der Waals surface area contributed by atoms with Gasteiger partial charge in [-0.2, -0.15) is 0 Å². The van der Waals surface area contributed by atoms with Crippen LogP contribution in [0.3, 0.4) is 0 Å². The van der Waals surface area contributed by atoms with Crippen molar-refractivity contribution in [2.24, 2.45) is 10.8 Å². The van der Waals surface area contributed by atoms with Gasteiger partial charge in [0.25, 0.3) is 0 Å². The lowest BCUT2D eigenvalue weighted by atomic mass is 9.55. The second-order valence-corrected chi connectivity index (χ2v) is 6.60. The first-order chi connectivity index (χ1) is 8.56. The second kappa shape index (κ2) is 2.92.